The smallest absolute Gasteiger partial charge is 0.0491 e. The number of hydrogen-bond donors (Lipinski definition) is 0. The molecule has 0 saturated carbocycles. The number of unbranched alkanes of at least 4 members (excludes halogenated alkanes) is 7. The summed E-state index contributed by atoms with van der Waals surface area (Å²) >= 11 is 7.50. The summed E-state index contributed by atoms with van der Waals surface area (Å²) in [6.45, 7) is 1.12. The minimum atomic E-state index is 1.06. The van der Waals surface area contributed by atoms with Crippen molar-refractivity contribution < 1.29 is 0 Å². The first-order chi connectivity index (χ1) is 18.7. The predicted molar refractivity (Wildman–Crippen MR) is 170 cm³/mol. The molecule has 0 radical (unpaired) electrons. The van der Waals surface area contributed by atoms with Gasteiger partial charge in [0, 0.05) is 37.3 Å². The van der Waals surface area contributed by atoms with E-state index in [1.165, 1.54) is 116 Å². The molecule has 0 fully saturated rings. The van der Waals surface area contributed by atoms with Crippen LogP contribution >= 0.6 is 31.9 Å². The molecule has 194 valence electrons. The fourth-order valence-corrected chi connectivity index (χ4v) is 7.41. The highest BCUT2D eigenvalue weighted by Gasteiger charge is 2.22. The molecule has 0 atom stereocenters. The largest absolute Gasteiger partial charge is 0.340 e. The fourth-order valence-electron chi connectivity index (χ4n) is 6.43. The van der Waals surface area contributed by atoms with E-state index in [0.29, 0.717) is 0 Å². The van der Waals surface area contributed by atoms with E-state index in [9.17, 15) is 0 Å². The molecule has 0 N–H and O–H groups in total. The van der Waals surface area contributed by atoms with Gasteiger partial charge in [-0.2, -0.15) is 0 Å². The molecule has 0 bridgehead atoms. The highest BCUT2D eigenvalue weighted by Crippen LogP contribution is 2.42. The van der Waals surface area contributed by atoms with E-state index < -0.39 is 0 Å². The first-order valence-corrected chi connectivity index (χ1v) is 15.8. The van der Waals surface area contributed by atoms with Crippen LogP contribution in [0.15, 0.2) is 87.8 Å². The van der Waals surface area contributed by atoms with Crippen LogP contribution in [0.2, 0.25) is 0 Å². The number of para-hydroxylation sites is 2. The number of benzene rings is 4. The molecular weight excluding hydrogens is 594 g/mol. The molecule has 38 heavy (non-hydrogen) atoms. The van der Waals surface area contributed by atoms with Crippen molar-refractivity contribution in [1.29, 1.82) is 0 Å². The van der Waals surface area contributed by atoms with E-state index in [-0.39, 0.29) is 0 Å². The first kappa shape index (κ1) is 25.9. The van der Waals surface area contributed by atoms with Crippen molar-refractivity contribution >= 4 is 53.7 Å². The lowest BCUT2D eigenvalue weighted by molar-refractivity contribution is 0.548. The van der Waals surface area contributed by atoms with Gasteiger partial charge in [-0.25, -0.2) is 0 Å². The van der Waals surface area contributed by atoms with Crippen molar-refractivity contribution in [3.63, 3.8) is 0 Å². The summed E-state index contributed by atoms with van der Waals surface area (Å²) in [7, 11) is 0. The van der Waals surface area contributed by atoms with E-state index >= 15 is 0 Å². The van der Waals surface area contributed by atoms with Gasteiger partial charge < -0.3 is 4.57 Å². The average molecular weight is 629 g/mol. The lowest BCUT2D eigenvalue weighted by Crippen LogP contribution is -1.97. The van der Waals surface area contributed by atoms with Gasteiger partial charge in [-0.1, -0.05) is 119 Å². The average Bonchev–Trinajstić information content (AvgIpc) is 3.46. The van der Waals surface area contributed by atoms with Gasteiger partial charge in [0.25, 0.3) is 0 Å². The Bertz CT molecular complexity index is 1530. The summed E-state index contributed by atoms with van der Waals surface area (Å²) in [6, 6.07) is 29.0. The van der Waals surface area contributed by atoms with Crippen molar-refractivity contribution in [1.82, 2.24) is 4.57 Å². The van der Waals surface area contributed by atoms with Crippen molar-refractivity contribution in [3.8, 4) is 11.1 Å². The third-order valence-electron chi connectivity index (χ3n) is 8.34. The number of fused-ring (bicyclic) bond motifs is 6. The minimum absolute atomic E-state index is 1.06. The normalized spacial score (nSPS) is 12.4. The Morgan fingerprint density at radius 3 is 1.92 bits per heavy atom. The summed E-state index contributed by atoms with van der Waals surface area (Å²) in [6.07, 6.45) is 12.9. The zero-order valence-corrected chi connectivity index (χ0v) is 25.2. The molecular formula is C35H35Br2N. The van der Waals surface area contributed by atoms with Crippen molar-refractivity contribution in [2.75, 3.05) is 0 Å². The SMILES string of the molecule is Brc1ccc2c(c1)Cc1c-2ccc(Br)c1CCCCCCCCCCn1c2ccccc2c2ccccc21. The Hall–Kier alpha value is -2.36. The van der Waals surface area contributed by atoms with E-state index in [1.807, 2.05) is 0 Å². The van der Waals surface area contributed by atoms with Gasteiger partial charge in [-0.3, -0.25) is 0 Å². The summed E-state index contributed by atoms with van der Waals surface area (Å²) in [5.74, 6) is 0. The molecule has 1 aromatic heterocycles. The first-order valence-electron chi connectivity index (χ1n) is 14.3. The van der Waals surface area contributed by atoms with E-state index in [1.54, 1.807) is 0 Å². The molecule has 0 aliphatic heterocycles. The van der Waals surface area contributed by atoms with Gasteiger partial charge in [-0.05, 0) is 83.8 Å². The van der Waals surface area contributed by atoms with E-state index in [2.05, 4.69) is 115 Å². The molecule has 1 heterocycles. The monoisotopic (exact) mass is 627 g/mol. The molecule has 1 nitrogen and oxygen atoms in total. The Morgan fingerprint density at radius 2 is 1.21 bits per heavy atom. The molecule has 1 aliphatic carbocycles. The van der Waals surface area contributed by atoms with Crippen LogP contribution in [0.4, 0.5) is 0 Å². The van der Waals surface area contributed by atoms with Gasteiger partial charge in [-0.15, -0.1) is 0 Å². The number of aromatic nitrogens is 1. The van der Waals surface area contributed by atoms with Crippen molar-refractivity contribution in [2.24, 2.45) is 0 Å². The fraction of sp³-hybridized carbons (Fsp3) is 0.314. The summed E-state index contributed by atoms with van der Waals surface area (Å²) < 4.78 is 4.99. The Kier molecular flexibility index (Phi) is 8.04. The Labute approximate surface area is 243 Å². The summed E-state index contributed by atoms with van der Waals surface area (Å²) in [4.78, 5) is 0. The second-order valence-corrected chi connectivity index (χ2v) is 12.6. The highest BCUT2D eigenvalue weighted by atomic mass is 79.9. The second kappa shape index (κ2) is 11.8. The molecule has 4 aromatic carbocycles. The van der Waals surface area contributed by atoms with Crippen LogP contribution in [0.1, 0.15) is 68.1 Å². The number of aryl methyl sites for hydroxylation is 1. The molecule has 6 rings (SSSR count). The van der Waals surface area contributed by atoms with Crippen LogP contribution in [0, 0.1) is 0 Å². The molecule has 3 heteroatoms. The number of halogens is 2. The molecule has 0 unspecified atom stereocenters. The Morgan fingerprint density at radius 1 is 0.605 bits per heavy atom. The molecule has 0 saturated heterocycles. The van der Waals surface area contributed by atoms with Gasteiger partial charge >= 0.3 is 0 Å². The highest BCUT2D eigenvalue weighted by molar-refractivity contribution is 9.10. The molecule has 0 amide bonds. The number of nitrogens with zero attached hydrogens (tertiary/aromatic N) is 1. The quantitative estimate of drug-likeness (QED) is 0.126. The van der Waals surface area contributed by atoms with Crippen LogP contribution in [0.25, 0.3) is 32.9 Å². The standard InChI is InChI=1S/C35H35Br2N/c36-26-18-19-27-25(23-26)24-32-28(27)20-21-33(37)29(32)13-7-5-3-1-2-4-6-12-22-38-34-16-10-8-14-30(34)31-15-9-11-17-35(31)38/h8-11,14-21,23H,1-7,12-13,22,24H2. The van der Waals surface area contributed by atoms with E-state index in [0.717, 1.165) is 13.0 Å². The van der Waals surface area contributed by atoms with Gasteiger partial charge in [0.2, 0.25) is 0 Å². The minimum Gasteiger partial charge on any atom is -0.340 e. The third-order valence-corrected chi connectivity index (χ3v) is 9.57. The summed E-state index contributed by atoms with van der Waals surface area (Å²) in [5, 5.41) is 2.77. The van der Waals surface area contributed by atoms with Crippen LogP contribution in [-0.4, -0.2) is 4.57 Å². The van der Waals surface area contributed by atoms with Crippen LogP contribution in [0.5, 0.6) is 0 Å². The molecule has 5 aromatic rings. The maximum atomic E-state index is 3.86. The number of hydrogen-bond acceptors (Lipinski definition) is 0. The summed E-state index contributed by atoms with van der Waals surface area (Å²) in [5.41, 5.74) is 10.1. The van der Waals surface area contributed by atoms with Crippen molar-refractivity contribution in [3.05, 3.63) is 104 Å². The lowest BCUT2D eigenvalue weighted by Gasteiger charge is -2.11. The van der Waals surface area contributed by atoms with Crippen molar-refractivity contribution in [2.45, 2.75) is 70.8 Å². The van der Waals surface area contributed by atoms with Gasteiger partial charge in [0.1, 0.15) is 0 Å². The lowest BCUT2D eigenvalue weighted by atomic mass is 9.96. The van der Waals surface area contributed by atoms with E-state index in [4.69, 9.17) is 0 Å². The predicted octanol–water partition coefficient (Wildman–Crippen LogP) is 11.3. The van der Waals surface area contributed by atoms with Crippen LogP contribution in [0.3, 0.4) is 0 Å². The second-order valence-electron chi connectivity index (χ2n) is 10.8. The van der Waals surface area contributed by atoms with Crippen LogP contribution in [-0.2, 0) is 19.4 Å². The molecule has 1 aliphatic rings. The zero-order valence-electron chi connectivity index (χ0n) is 22.0. The van der Waals surface area contributed by atoms with Crippen LogP contribution < -0.4 is 0 Å². The maximum Gasteiger partial charge on any atom is 0.0491 e. The zero-order chi connectivity index (χ0) is 25.9. The molecule has 0 spiro atoms. The number of rotatable bonds is 11. The maximum absolute atomic E-state index is 3.86. The topological polar surface area (TPSA) is 4.93 Å². The Balaban J connectivity index is 0.928. The third kappa shape index (κ3) is 5.25. The van der Waals surface area contributed by atoms with Gasteiger partial charge in [0.05, 0.1) is 0 Å². The van der Waals surface area contributed by atoms with Gasteiger partial charge in [0.15, 0.2) is 0 Å².